The van der Waals surface area contributed by atoms with Crippen LogP contribution in [-0.4, -0.2) is 38.7 Å². The van der Waals surface area contributed by atoms with Crippen molar-refractivity contribution >= 4 is 17.9 Å². The number of hydrogen-bond acceptors (Lipinski definition) is 7. The van der Waals surface area contributed by atoms with Gasteiger partial charge in [0.05, 0.1) is 12.6 Å². The molecule has 146 valence electrons. The lowest BCUT2D eigenvalue weighted by Gasteiger charge is -2.17. The van der Waals surface area contributed by atoms with E-state index < -0.39 is 0 Å². The number of hydrogen-bond donors (Lipinski definition) is 1. The first-order valence-corrected chi connectivity index (χ1v) is 9.07. The van der Waals surface area contributed by atoms with Crippen molar-refractivity contribution in [3.05, 3.63) is 79.0 Å². The molecular weight excluding hydrogens is 382 g/mol. The van der Waals surface area contributed by atoms with E-state index in [1.54, 1.807) is 43.3 Å². The molecule has 0 saturated heterocycles. The Morgan fingerprint density at radius 2 is 2.10 bits per heavy atom. The van der Waals surface area contributed by atoms with E-state index in [1.807, 2.05) is 35.0 Å². The number of benzene rings is 1. The van der Waals surface area contributed by atoms with Crippen LogP contribution in [0.25, 0.3) is 5.69 Å². The van der Waals surface area contributed by atoms with Gasteiger partial charge in [0.25, 0.3) is 11.7 Å². The number of furan rings is 1. The highest BCUT2D eigenvalue weighted by Gasteiger charge is 2.39. The maximum Gasteiger partial charge on any atom is 0.300 e. The fourth-order valence-electron chi connectivity index (χ4n) is 2.93. The predicted molar refractivity (Wildman–Crippen MR) is 111 cm³/mol. The molecule has 2 aromatic heterocycles. The van der Waals surface area contributed by atoms with Gasteiger partial charge in [-0.3, -0.25) is 0 Å². The van der Waals surface area contributed by atoms with E-state index in [0.717, 1.165) is 11.4 Å². The van der Waals surface area contributed by atoms with E-state index in [9.17, 15) is 0 Å². The second-order valence-electron chi connectivity index (χ2n) is 6.44. The van der Waals surface area contributed by atoms with E-state index in [2.05, 4.69) is 31.9 Å². The lowest BCUT2D eigenvalue weighted by molar-refractivity contribution is -0.803. The van der Waals surface area contributed by atoms with Crippen molar-refractivity contribution in [3.8, 4) is 23.3 Å². The number of amidine groups is 2. The first-order chi connectivity index (χ1) is 14.7. The Bertz CT molecular complexity index is 1240. The average Bonchev–Trinajstić information content (AvgIpc) is 3.51. The Hall–Kier alpha value is -4.26. The molecule has 0 bridgehead atoms. The summed E-state index contributed by atoms with van der Waals surface area (Å²) in [6.45, 7) is 0.212. The second kappa shape index (κ2) is 7.29. The van der Waals surface area contributed by atoms with Gasteiger partial charge in [-0.1, -0.05) is 5.92 Å². The Morgan fingerprint density at radius 1 is 1.20 bits per heavy atom. The maximum atomic E-state index is 6.31. The van der Waals surface area contributed by atoms with Crippen molar-refractivity contribution < 1.29 is 13.9 Å². The molecule has 5 rings (SSSR count). The molecule has 0 radical (unpaired) electrons. The smallest absolute Gasteiger partial charge is 0.300 e. The molecule has 2 N–H and O–H groups in total. The summed E-state index contributed by atoms with van der Waals surface area (Å²) >= 11 is 0. The van der Waals surface area contributed by atoms with Gasteiger partial charge in [-0.25, -0.2) is 9.98 Å². The summed E-state index contributed by atoms with van der Waals surface area (Å²) in [5.41, 5.74) is 1.49. The van der Waals surface area contributed by atoms with E-state index in [4.69, 9.17) is 15.0 Å². The van der Waals surface area contributed by atoms with Crippen LogP contribution < -0.4 is 10.6 Å². The Kier molecular flexibility index (Phi) is 4.33. The van der Waals surface area contributed by atoms with Crippen LogP contribution in [0.4, 0.5) is 0 Å². The van der Waals surface area contributed by atoms with E-state index in [-0.39, 0.29) is 11.3 Å². The first kappa shape index (κ1) is 17.8. The number of allylic oxidation sites excluding steroid dienone is 1. The number of nitrogens with zero attached hydrogens (tertiary/aromatic N) is 6. The summed E-state index contributed by atoms with van der Waals surface area (Å²) in [4.78, 5) is 12.7. The van der Waals surface area contributed by atoms with Crippen LogP contribution in [0.2, 0.25) is 0 Å². The van der Waals surface area contributed by atoms with Gasteiger partial charge in [0.15, 0.2) is 17.7 Å². The molecule has 9 nitrogen and oxygen atoms in total. The summed E-state index contributed by atoms with van der Waals surface area (Å²) < 4.78 is 12.6. The standard InChI is InChI=1S/C21H16N7O2/c22-28-14-16(24-13-20(28)25-21(26-28)19-4-2-12-30-19)3-1-11-29-18-7-5-17(6-8-18)27-10-9-23-15-27/h2,4-10,12-15H,11,22H2/q+1. The number of imidazole rings is 1. The third-order valence-corrected chi connectivity index (χ3v) is 4.39. The number of aliphatic imine (C=N–C) groups is 2. The van der Waals surface area contributed by atoms with Crippen LogP contribution >= 0.6 is 0 Å². The molecule has 9 heteroatoms. The Labute approximate surface area is 171 Å². The quantitative estimate of drug-likeness (QED) is 0.413. The summed E-state index contributed by atoms with van der Waals surface area (Å²) in [7, 11) is 0. The van der Waals surface area contributed by atoms with Crippen LogP contribution in [-0.2, 0) is 0 Å². The molecule has 2 aliphatic rings. The van der Waals surface area contributed by atoms with Gasteiger partial charge in [-0.2, -0.15) is 4.99 Å². The summed E-state index contributed by atoms with van der Waals surface area (Å²) in [5, 5.41) is 4.40. The molecule has 0 amide bonds. The van der Waals surface area contributed by atoms with Crippen molar-refractivity contribution in [2.45, 2.75) is 0 Å². The van der Waals surface area contributed by atoms with E-state index in [0.29, 0.717) is 23.1 Å². The van der Waals surface area contributed by atoms with Gasteiger partial charge in [0, 0.05) is 18.1 Å². The van der Waals surface area contributed by atoms with Crippen molar-refractivity contribution in [3.63, 3.8) is 0 Å². The number of aromatic nitrogens is 2. The SMILES string of the molecule is N[N+]12C=C(C#CCOc3ccc(-n4ccnc4)cc3)N=CC1=NC(c1ccco1)=N2. The zero-order valence-corrected chi connectivity index (χ0v) is 15.7. The molecule has 0 saturated carbocycles. The van der Waals surface area contributed by atoms with Gasteiger partial charge < -0.3 is 13.7 Å². The van der Waals surface area contributed by atoms with Crippen molar-refractivity contribution in [2.75, 3.05) is 6.61 Å². The minimum atomic E-state index is -0.347. The number of ether oxygens (including phenoxy) is 1. The highest BCUT2D eigenvalue weighted by atomic mass is 16.5. The van der Waals surface area contributed by atoms with Crippen LogP contribution in [0.5, 0.6) is 5.75 Å². The fourth-order valence-corrected chi connectivity index (χ4v) is 2.93. The molecule has 3 aromatic rings. The molecule has 1 unspecified atom stereocenters. The minimum Gasteiger partial charge on any atom is -0.481 e. The number of nitrogens with two attached hydrogens (primary N) is 1. The molecule has 30 heavy (non-hydrogen) atoms. The largest absolute Gasteiger partial charge is 0.481 e. The van der Waals surface area contributed by atoms with Crippen LogP contribution in [0, 0.1) is 11.8 Å². The van der Waals surface area contributed by atoms with Gasteiger partial charge in [-0.05, 0) is 52.1 Å². The third-order valence-electron chi connectivity index (χ3n) is 4.39. The molecular formula is C21H16N7O2+. The fraction of sp³-hybridized carbons (Fsp3) is 0.0476. The zero-order chi connectivity index (χ0) is 20.4. The lowest BCUT2D eigenvalue weighted by atomic mass is 10.3. The molecule has 0 fully saturated rings. The molecule has 1 aromatic carbocycles. The van der Waals surface area contributed by atoms with E-state index in [1.165, 1.54) is 0 Å². The molecule has 4 heterocycles. The van der Waals surface area contributed by atoms with Gasteiger partial charge in [0.1, 0.15) is 18.6 Å². The average molecular weight is 398 g/mol. The number of quaternary nitrogens is 1. The maximum absolute atomic E-state index is 6.31. The zero-order valence-electron chi connectivity index (χ0n) is 15.7. The minimum absolute atomic E-state index is 0.212. The summed E-state index contributed by atoms with van der Waals surface area (Å²) in [5.74, 6) is 14.4. The van der Waals surface area contributed by atoms with E-state index >= 15 is 0 Å². The van der Waals surface area contributed by atoms with Crippen molar-refractivity contribution in [1.29, 1.82) is 0 Å². The monoisotopic (exact) mass is 398 g/mol. The van der Waals surface area contributed by atoms with Crippen molar-refractivity contribution in [2.24, 2.45) is 20.9 Å². The topological polar surface area (TPSA) is 103 Å². The summed E-state index contributed by atoms with van der Waals surface area (Å²) in [6.07, 6.45) is 10.1. The highest BCUT2D eigenvalue weighted by Crippen LogP contribution is 2.21. The van der Waals surface area contributed by atoms with Crippen LogP contribution in [0.15, 0.2) is 92.8 Å². The van der Waals surface area contributed by atoms with Gasteiger partial charge in [-0.15, -0.1) is 5.84 Å². The lowest BCUT2D eigenvalue weighted by Crippen LogP contribution is -2.50. The van der Waals surface area contributed by atoms with Crippen LogP contribution in [0.1, 0.15) is 5.76 Å². The Morgan fingerprint density at radius 3 is 2.87 bits per heavy atom. The van der Waals surface area contributed by atoms with Gasteiger partial charge in [0.2, 0.25) is 0 Å². The second-order valence-corrected chi connectivity index (χ2v) is 6.44. The first-order valence-electron chi connectivity index (χ1n) is 9.07. The summed E-state index contributed by atoms with van der Waals surface area (Å²) in [6, 6.07) is 11.2. The van der Waals surface area contributed by atoms with Crippen molar-refractivity contribution in [1.82, 2.24) is 9.55 Å². The number of rotatable bonds is 4. The molecule has 1 atom stereocenters. The van der Waals surface area contributed by atoms with Gasteiger partial charge >= 0.3 is 0 Å². The predicted octanol–water partition coefficient (Wildman–Crippen LogP) is 2.24. The molecule has 2 aliphatic heterocycles. The molecule has 0 spiro atoms. The van der Waals surface area contributed by atoms with Crippen LogP contribution in [0.3, 0.4) is 0 Å². The normalized spacial score (nSPS) is 19.3. The highest BCUT2D eigenvalue weighted by molar-refractivity contribution is 6.31. The third kappa shape index (κ3) is 3.44. The number of fused-ring (bicyclic) bond motifs is 1. The molecule has 0 aliphatic carbocycles. The Balaban J connectivity index is 1.24.